The molecule has 0 aliphatic carbocycles. The lowest BCUT2D eigenvalue weighted by molar-refractivity contribution is 0.925. The van der Waals surface area contributed by atoms with E-state index in [4.69, 9.17) is 12.8 Å². The third-order valence-corrected chi connectivity index (χ3v) is 4.42. The molecule has 120 valence electrons. The van der Waals surface area contributed by atoms with Crippen LogP contribution in [0.15, 0.2) is 65.5 Å². The van der Waals surface area contributed by atoms with E-state index < -0.39 is 0 Å². The van der Waals surface area contributed by atoms with Gasteiger partial charge in [-0.25, -0.2) is 4.98 Å². The van der Waals surface area contributed by atoms with Gasteiger partial charge in [-0.1, -0.05) is 35.8 Å². The number of fused-ring (bicyclic) bond motifs is 1. The summed E-state index contributed by atoms with van der Waals surface area (Å²) in [5.41, 5.74) is 4.19. The van der Waals surface area contributed by atoms with E-state index in [9.17, 15) is 0 Å². The number of halogens is 1. The molecule has 4 rings (SSSR count). The molecule has 1 N–H and O–H groups in total. The van der Waals surface area contributed by atoms with Crippen LogP contribution in [-0.4, -0.2) is 27.4 Å². The number of rotatable bonds is 4. The van der Waals surface area contributed by atoms with Gasteiger partial charge in [0.1, 0.15) is 13.7 Å². The summed E-state index contributed by atoms with van der Waals surface area (Å²) in [6, 6.07) is 13.6. The number of nitrogens with zero attached hydrogens (tertiary/aromatic N) is 4. The minimum absolute atomic E-state index is 0.633. The van der Waals surface area contributed by atoms with Crippen molar-refractivity contribution in [3.05, 3.63) is 71.1 Å². The van der Waals surface area contributed by atoms with Gasteiger partial charge >= 0.3 is 0 Å². The molecule has 0 spiro atoms. The lowest BCUT2D eigenvalue weighted by Gasteiger charge is -2.12. The Hall–Kier alpha value is -2.67. The molecule has 3 heterocycles. The molecule has 0 unspecified atom stereocenters. The third kappa shape index (κ3) is 3.15. The maximum atomic E-state index is 6.12. The Morgan fingerprint density at radius 2 is 2.00 bits per heavy atom. The van der Waals surface area contributed by atoms with E-state index in [0.717, 1.165) is 32.8 Å². The second-order valence-corrected chi connectivity index (χ2v) is 6.41. The van der Waals surface area contributed by atoms with Gasteiger partial charge in [0.2, 0.25) is 0 Å². The monoisotopic (exact) mass is 389 g/mol. The zero-order valence-corrected chi connectivity index (χ0v) is 14.8. The molecular weight excluding hydrogens is 377 g/mol. The second-order valence-electron chi connectivity index (χ2n) is 5.56. The molecule has 2 radical (unpaired) electrons. The first kappa shape index (κ1) is 15.8. The molecule has 4 aromatic rings. The Labute approximate surface area is 154 Å². The van der Waals surface area contributed by atoms with E-state index in [0.29, 0.717) is 12.0 Å². The molecule has 3 aromatic heterocycles. The molecule has 0 aliphatic rings. The number of hydrogen-bond donors (Lipinski definition) is 1. The highest BCUT2D eigenvalue weighted by atomic mass is 79.9. The van der Waals surface area contributed by atoms with Gasteiger partial charge < -0.3 is 5.32 Å². The molecule has 7 heteroatoms. The largest absolute Gasteiger partial charge is 0.366 e. The normalized spacial score (nSPS) is 10.9. The van der Waals surface area contributed by atoms with E-state index in [1.807, 2.05) is 48.7 Å². The summed E-state index contributed by atoms with van der Waals surface area (Å²) in [7, 11) is 6.12. The van der Waals surface area contributed by atoms with Crippen molar-refractivity contribution in [3.8, 4) is 11.3 Å². The van der Waals surface area contributed by atoms with E-state index in [-0.39, 0.29) is 0 Å². The van der Waals surface area contributed by atoms with Crippen molar-refractivity contribution in [1.82, 2.24) is 19.6 Å². The molecule has 0 bridgehead atoms. The number of pyridine rings is 1. The van der Waals surface area contributed by atoms with Gasteiger partial charge in [0.25, 0.3) is 0 Å². The lowest BCUT2D eigenvalue weighted by atomic mass is 9.89. The van der Waals surface area contributed by atoms with Crippen molar-refractivity contribution in [3.63, 3.8) is 0 Å². The Kier molecular flexibility index (Phi) is 4.23. The topological polar surface area (TPSA) is 55.1 Å². The van der Waals surface area contributed by atoms with E-state index >= 15 is 0 Å². The summed E-state index contributed by atoms with van der Waals surface area (Å²) < 4.78 is 2.59. The fourth-order valence-corrected chi connectivity index (χ4v) is 2.97. The first-order valence-corrected chi connectivity index (χ1v) is 8.53. The average molecular weight is 390 g/mol. The van der Waals surface area contributed by atoms with Crippen LogP contribution in [0.3, 0.4) is 0 Å². The van der Waals surface area contributed by atoms with Crippen molar-refractivity contribution in [2.45, 2.75) is 6.54 Å². The van der Waals surface area contributed by atoms with Gasteiger partial charge in [0.05, 0.1) is 16.4 Å². The van der Waals surface area contributed by atoms with Gasteiger partial charge in [-0.3, -0.25) is 4.98 Å². The standard InChI is InChI=1S/C18H13BBrN5/c19-14-6-2-1-5-13(14)16-8-17(22-10-12-4-3-7-21-9-12)25-18(24-16)15(20)11-23-25/h1-9,11,22H,10H2. The van der Waals surface area contributed by atoms with Crippen LogP contribution in [0.4, 0.5) is 5.82 Å². The predicted octanol–water partition coefficient (Wildman–Crippen LogP) is 2.96. The lowest BCUT2D eigenvalue weighted by Crippen LogP contribution is -2.10. The first-order chi connectivity index (χ1) is 12.2. The van der Waals surface area contributed by atoms with Gasteiger partial charge in [-0.2, -0.15) is 9.61 Å². The number of benzene rings is 1. The maximum absolute atomic E-state index is 6.12. The SMILES string of the molecule is [B]c1ccccc1-c1cc(NCc2cccnc2)n2ncc(Br)c2n1. The van der Waals surface area contributed by atoms with Crippen LogP contribution in [0.25, 0.3) is 16.9 Å². The van der Waals surface area contributed by atoms with E-state index in [1.54, 1.807) is 16.9 Å². The van der Waals surface area contributed by atoms with Gasteiger partial charge in [0, 0.05) is 25.0 Å². The molecule has 0 amide bonds. The fraction of sp³-hybridized carbons (Fsp3) is 0.0556. The summed E-state index contributed by atoms with van der Waals surface area (Å²) in [4.78, 5) is 8.84. The molecule has 0 saturated heterocycles. The maximum Gasteiger partial charge on any atom is 0.172 e. The van der Waals surface area contributed by atoms with Crippen LogP contribution in [0.5, 0.6) is 0 Å². The second kappa shape index (κ2) is 6.68. The summed E-state index contributed by atoms with van der Waals surface area (Å²) in [6.45, 7) is 0.633. The van der Waals surface area contributed by atoms with Crippen LogP contribution in [-0.2, 0) is 6.54 Å². The van der Waals surface area contributed by atoms with Crippen LogP contribution in [0.1, 0.15) is 5.56 Å². The highest BCUT2D eigenvalue weighted by Crippen LogP contribution is 2.25. The highest BCUT2D eigenvalue weighted by molar-refractivity contribution is 9.10. The molecule has 0 saturated carbocycles. The van der Waals surface area contributed by atoms with Crippen LogP contribution in [0, 0.1) is 0 Å². The van der Waals surface area contributed by atoms with Crippen LogP contribution < -0.4 is 10.8 Å². The molecule has 0 aliphatic heterocycles. The minimum atomic E-state index is 0.633. The summed E-state index contributed by atoms with van der Waals surface area (Å²) >= 11 is 3.51. The van der Waals surface area contributed by atoms with Gasteiger partial charge in [-0.05, 0) is 33.1 Å². The Bertz CT molecular complexity index is 1030. The summed E-state index contributed by atoms with van der Waals surface area (Å²) in [5.74, 6) is 0.831. The van der Waals surface area contributed by atoms with Crippen molar-refractivity contribution >= 4 is 40.7 Å². The number of anilines is 1. The van der Waals surface area contributed by atoms with Crippen molar-refractivity contribution < 1.29 is 0 Å². The van der Waals surface area contributed by atoms with Crippen molar-refractivity contribution in [2.24, 2.45) is 0 Å². The minimum Gasteiger partial charge on any atom is -0.366 e. The molecular formula is C18H13BBrN5. The zero-order valence-electron chi connectivity index (χ0n) is 13.2. The quantitative estimate of drug-likeness (QED) is 0.545. The smallest absolute Gasteiger partial charge is 0.172 e. The molecule has 25 heavy (non-hydrogen) atoms. The average Bonchev–Trinajstić information content (AvgIpc) is 3.02. The van der Waals surface area contributed by atoms with Crippen molar-refractivity contribution in [2.75, 3.05) is 5.32 Å². The summed E-state index contributed by atoms with van der Waals surface area (Å²) in [6.07, 6.45) is 5.32. The fourth-order valence-electron chi connectivity index (χ4n) is 2.63. The third-order valence-electron chi connectivity index (χ3n) is 3.86. The number of nitrogens with one attached hydrogen (secondary N) is 1. The Balaban J connectivity index is 1.78. The molecule has 0 fully saturated rings. The van der Waals surface area contributed by atoms with Crippen LogP contribution in [0.2, 0.25) is 0 Å². The Morgan fingerprint density at radius 1 is 1.12 bits per heavy atom. The Morgan fingerprint density at radius 3 is 2.80 bits per heavy atom. The summed E-state index contributed by atoms with van der Waals surface area (Å²) in [5, 5.41) is 7.79. The highest BCUT2D eigenvalue weighted by Gasteiger charge is 2.12. The van der Waals surface area contributed by atoms with E-state index in [2.05, 4.69) is 31.3 Å². The number of hydrogen-bond acceptors (Lipinski definition) is 4. The van der Waals surface area contributed by atoms with Gasteiger partial charge in [0.15, 0.2) is 5.65 Å². The zero-order chi connectivity index (χ0) is 17.2. The number of aromatic nitrogens is 4. The van der Waals surface area contributed by atoms with Crippen molar-refractivity contribution in [1.29, 1.82) is 0 Å². The molecule has 0 atom stereocenters. The van der Waals surface area contributed by atoms with E-state index in [1.165, 1.54) is 0 Å². The molecule has 1 aromatic carbocycles. The van der Waals surface area contributed by atoms with Crippen LogP contribution >= 0.6 is 15.9 Å². The molecule has 5 nitrogen and oxygen atoms in total. The van der Waals surface area contributed by atoms with Gasteiger partial charge in [-0.15, -0.1) is 0 Å². The first-order valence-electron chi connectivity index (χ1n) is 7.74. The predicted molar refractivity (Wildman–Crippen MR) is 103 cm³/mol.